The summed E-state index contributed by atoms with van der Waals surface area (Å²) in [7, 11) is 0. The number of aromatic nitrogens is 1. The first-order chi connectivity index (χ1) is 8.16. The topological polar surface area (TPSA) is 62.2 Å². The minimum Gasteiger partial charge on any atom is -0.478 e. The van der Waals surface area contributed by atoms with Crippen molar-refractivity contribution in [1.82, 2.24) is 4.98 Å². The number of carbonyl (C=O) groups is 1. The molecular weight excluding hydrogens is 240 g/mol. The van der Waals surface area contributed by atoms with Crippen molar-refractivity contribution >= 4 is 28.9 Å². The predicted octanol–water partition coefficient (Wildman–Crippen LogP) is 3.18. The van der Waals surface area contributed by atoms with Crippen LogP contribution in [0.15, 0.2) is 42.6 Å². The lowest BCUT2D eigenvalue weighted by molar-refractivity contribution is 0.0697. The molecule has 0 spiro atoms. The van der Waals surface area contributed by atoms with Gasteiger partial charge in [0.2, 0.25) is 0 Å². The zero-order chi connectivity index (χ0) is 12.3. The molecule has 0 radical (unpaired) electrons. The molecule has 0 saturated heterocycles. The molecule has 0 atom stereocenters. The van der Waals surface area contributed by atoms with Crippen LogP contribution in [0.5, 0.6) is 0 Å². The minimum absolute atomic E-state index is 0.0817. The highest BCUT2D eigenvalue weighted by Gasteiger charge is 2.11. The number of nitrogens with zero attached hydrogens (tertiary/aromatic N) is 1. The largest absolute Gasteiger partial charge is 0.478 e. The maximum Gasteiger partial charge on any atom is 0.339 e. The van der Waals surface area contributed by atoms with Crippen molar-refractivity contribution in [3.63, 3.8) is 0 Å². The summed E-state index contributed by atoms with van der Waals surface area (Å²) in [6.07, 6.45) is 1.23. The second-order valence-electron chi connectivity index (χ2n) is 3.35. The van der Waals surface area contributed by atoms with E-state index < -0.39 is 5.97 Å². The van der Waals surface area contributed by atoms with E-state index in [0.717, 1.165) is 5.69 Å². The first-order valence-corrected chi connectivity index (χ1v) is 5.25. The number of rotatable bonds is 3. The molecule has 0 saturated carbocycles. The molecule has 5 heteroatoms. The van der Waals surface area contributed by atoms with Crippen LogP contribution >= 0.6 is 11.6 Å². The molecule has 0 aliphatic carbocycles. The predicted molar refractivity (Wildman–Crippen MR) is 65.9 cm³/mol. The first-order valence-electron chi connectivity index (χ1n) is 4.88. The fraction of sp³-hybridized carbons (Fsp3) is 0. The Kier molecular flexibility index (Phi) is 3.25. The quantitative estimate of drug-likeness (QED) is 0.819. The number of pyridine rings is 1. The molecule has 0 fully saturated rings. The van der Waals surface area contributed by atoms with Crippen LogP contribution in [0.2, 0.25) is 5.15 Å². The van der Waals surface area contributed by atoms with Gasteiger partial charge in [-0.1, -0.05) is 29.8 Å². The van der Waals surface area contributed by atoms with Crippen molar-refractivity contribution in [2.24, 2.45) is 0 Å². The first kappa shape index (κ1) is 11.4. The summed E-state index contributed by atoms with van der Waals surface area (Å²) in [6, 6.07) is 10.7. The van der Waals surface area contributed by atoms with Crippen molar-refractivity contribution in [2.75, 3.05) is 5.32 Å². The second kappa shape index (κ2) is 4.84. The van der Waals surface area contributed by atoms with Gasteiger partial charge < -0.3 is 10.4 Å². The Bertz CT molecular complexity index is 543. The maximum absolute atomic E-state index is 11.0. The molecule has 1 aromatic heterocycles. The summed E-state index contributed by atoms with van der Waals surface area (Å²) in [5, 5.41) is 12.2. The van der Waals surface area contributed by atoms with Crippen molar-refractivity contribution in [3.05, 3.63) is 53.3 Å². The van der Waals surface area contributed by atoms with Crippen molar-refractivity contribution < 1.29 is 9.90 Å². The summed E-state index contributed by atoms with van der Waals surface area (Å²) < 4.78 is 0. The van der Waals surface area contributed by atoms with Gasteiger partial charge >= 0.3 is 5.97 Å². The number of anilines is 2. The molecule has 0 bridgehead atoms. The van der Waals surface area contributed by atoms with Gasteiger partial charge in [0.05, 0.1) is 5.69 Å². The zero-order valence-corrected chi connectivity index (χ0v) is 9.48. The Hall–Kier alpha value is -2.07. The van der Waals surface area contributed by atoms with E-state index in [1.165, 1.54) is 12.3 Å². The number of halogens is 1. The summed E-state index contributed by atoms with van der Waals surface area (Å²) in [5.41, 5.74) is 1.29. The molecule has 1 aromatic carbocycles. The third-order valence-corrected chi connectivity index (χ3v) is 2.36. The summed E-state index contributed by atoms with van der Waals surface area (Å²) in [6.45, 7) is 0. The molecule has 0 aliphatic rings. The molecule has 17 heavy (non-hydrogen) atoms. The van der Waals surface area contributed by atoms with Crippen LogP contribution in [-0.4, -0.2) is 16.1 Å². The highest BCUT2D eigenvalue weighted by Crippen LogP contribution is 2.22. The molecule has 2 aromatic rings. The number of aromatic carboxylic acids is 1. The van der Waals surface area contributed by atoms with Crippen LogP contribution in [0.25, 0.3) is 0 Å². The van der Waals surface area contributed by atoms with Crippen LogP contribution in [0, 0.1) is 0 Å². The molecule has 0 unspecified atom stereocenters. The van der Waals surface area contributed by atoms with Gasteiger partial charge in [0, 0.05) is 11.9 Å². The standard InChI is InChI=1S/C12H9ClN2O2/c13-11-6-10(9(7-14-11)12(16)17)15-8-4-2-1-3-5-8/h1-7H,(H,14,15)(H,16,17). The molecule has 4 nitrogen and oxygen atoms in total. The summed E-state index contributed by atoms with van der Waals surface area (Å²) in [5.74, 6) is -1.05. The Morgan fingerprint density at radius 2 is 2.00 bits per heavy atom. The Balaban J connectivity index is 2.37. The molecular formula is C12H9ClN2O2. The summed E-state index contributed by atoms with van der Waals surface area (Å²) >= 11 is 5.74. The molecule has 86 valence electrons. The second-order valence-corrected chi connectivity index (χ2v) is 3.74. The van der Waals surface area contributed by atoms with Crippen LogP contribution in [0.4, 0.5) is 11.4 Å². The fourth-order valence-electron chi connectivity index (χ4n) is 1.38. The lowest BCUT2D eigenvalue weighted by atomic mass is 10.2. The number of para-hydroxylation sites is 1. The minimum atomic E-state index is -1.05. The summed E-state index contributed by atoms with van der Waals surface area (Å²) in [4.78, 5) is 14.7. The maximum atomic E-state index is 11.0. The molecule has 0 amide bonds. The van der Waals surface area contributed by atoms with Crippen LogP contribution < -0.4 is 5.32 Å². The van der Waals surface area contributed by atoms with Crippen LogP contribution in [0.3, 0.4) is 0 Å². The van der Waals surface area contributed by atoms with Crippen LogP contribution in [0.1, 0.15) is 10.4 Å². The average Bonchev–Trinajstić information content (AvgIpc) is 2.30. The van der Waals surface area contributed by atoms with E-state index in [1.807, 2.05) is 30.3 Å². The van der Waals surface area contributed by atoms with E-state index in [9.17, 15) is 4.79 Å². The number of carboxylic acid groups (broad SMARTS) is 1. The van der Waals surface area contributed by atoms with Crippen LogP contribution in [-0.2, 0) is 0 Å². The van der Waals surface area contributed by atoms with Crippen molar-refractivity contribution in [2.45, 2.75) is 0 Å². The monoisotopic (exact) mass is 248 g/mol. The SMILES string of the molecule is O=C(O)c1cnc(Cl)cc1Nc1ccccc1. The van der Waals surface area contributed by atoms with Crippen molar-refractivity contribution in [1.29, 1.82) is 0 Å². The molecule has 2 rings (SSSR count). The van der Waals surface area contributed by atoms with E-state index >= 15 is 0 Å². The van der Waals surface area contributed by atoms with Gasteiger partial charge in [-0.3, -0.25) is 0 Å². The highest BCUT2D eigenvalue weighted by molar-refractivity contribution is 6.29. The lowest BCUT2D eigenvalue weighted by Crippen LogP contribution is -2.03. The van der Waals surface area contributed by atoms with Gasteiger partial charge in [-0.05, 0) is 18.2 Å². The van der Waals surface area contributed by atoms with Gasteiger partial charge in [-0.2, -0.15) is 0 Å². The molecule has 2 N–H and O–H groups in total. The van der Waals surface area contributed by atoms with E-state index in [1.54, 1.807) is 0 Å². The average molecular weight is 249 g/mol. The van der Waals surface area contributed by atoms with Gasteiger partial charge in [-0.15, -0.1) is 0 Å². The number of benzene rings is 1. The van der Waals surface area contributed by atoms with Gasteiger partial charge in [0.1, 0.15) is 10.7 Å². The molecule has 1 heterocycles. The third kappa shape index (κ3) is 2.73. The van der Waals surface area contributed by atoms with E-state index in [4.69, 9.17) is 16.7 Å². The van der Waals surface area contributed by atoms with Gasteiger partial charge in [-0.25, -0.2) is 9.78 Å². The number of hydrogen-bond donors (Lipinski definition) is 2. The van der Waals surface area contributed by atoms with E-state index in [-0.39, 0.29) is 10.7 Å². The smallest absolute Gasteiger partial charge is 0.339 e. The third-order valence-electron chi connectivity index (χ3n) is 2.15. The van der Waals surface area contributed by atoms with E-state index in [0.29, 0.717) is 5.69 Å². The molecule has 0 aliphatic heterocycles. The number of carboxylic acids is 1. The van der Waals surface area contributed by atoms with E-state index in [2.05, 4.69) is 10.3 Å². The normalized spacial score (nSPS) is 9.94. The highest BCUT2D eigenvalue weighted by atomic mass is 35.5. The number of hydrogen-bond acceptors (Lipinski definition) is 3. The lowest BCUT2D eigenvalue weighted by Gasteiger charge is -2.09. The number of nitrogens with one attached hydrogen (secondary N) is 1. The Labute approximate surface area is 103 Å². The Morgan fingerprint density at radius 3 is 2.65 bits per heavy atom. The zero-order valence-electron chi connectivity index (χ0n) is 8.72. The fourth-order valence-corrected chi connectivity index (χ4v) is 1.54. The van der Waals surface area contributed by atoms with Gasteiger partial charge in [0.15, 0.2) is 0 Å². The van der Waals surface area contributed by atoms with Crippen molar-refractivity contribution in [3.8, 4) is 0 Å². The van der Waals surface area contributed by atoms with Gasteiger partial charge in [0.25, 0.3) is 0 Å². The Morgan fingerprint density at radius 1 is 1.29 bits per heavy atom.